The predicted molar refractivity (Wildman–Crippen MR) is 151 cm³/mol. The highest BCUT2D eigenvalue weighted by Gasteiger charge is 2.32. The minimum atomic E-state index is -0.673. The number of rotatable bonds is 9. The molecule has 1 atom stereocenters. The molecule has 37 heavy (non-hydrogen) atoms. The van der Waals surface area contributed by atoms with Gasteiger partial charge in [-0.05, 0) is 55.5 Å². The van der Waals surface area contributed by atoms with Gasteiger partial charge in [-0.25, -0.2) is 0 Å². The monoisotopic (exact) mass is 536 g/mol. The van der Waals surface area contributed by atoms with E-state index >= 15 is 0 Å². The van der Waals surface area contributed by atoms with Gasteiger partial charge in [-0.2, -0.15) is 0 Å². The molecule has 6 heteroatoms. The highest BCUT2D eigenvalue weighted by Crippen LogP contribution is 2.25. The van der Waals surface area contributed by atoms with Crippen molar-refractivity contribution in [2.24, 2.45) is 0 Å². The fraction of sp³-hybridized carbons (Fsp3) is 0.355. The molecule has 4 rings (SSSR count). The number of aryl methyl sites for hydroxylation is 2. The normalized spacial score (nSPS) is 14.4. The smallest absolute Gasteiger partial charge is 0.243 e. The topological polar surface area (TPSA) is 49.4 Å². The van der Waals surface area contributed by atoms with Crippen LogP contribution < -0.4 is 5.32 Å². The maximum atomic E-state index is 14.0. The van der Waals surface area contributed by atoms with Crippen LogP contribution >= 0.6 is 23.2 Å². The van der Waals surface area contributed by atoms with E-state index in [1.807, 2.05) is 62.4 Å². The molecule has 3 aromatic carbocycles. The first-order valence-corrected chi connectivity index (χ1v) is 13.7. The van der Waals surface area contributed by atoms with Gasteiger partial charge in [0.05, 0.1) is 6.42 Å². The van der Waals surface area contributed by atoms with Crippen molar-refractivity contribution in [3.63, 3.8) is 0 Å². The minimum Gasteiger partial charge on any atom is -0.352 e. The second-order valence-electron chi connectivity index (χ2n) is 10.1. The van der Waals surface area contributed by atoms with Crippen LogP contribution in [0.15, 0.2) is 66.7 Å². The SMILES string of the molecule is Cc1cc(C)cc(CC(=O)N(Cc2ccc(Cl)cc2Cl)[C@H](Cc2ccccc2)C(=O)NC2CCCC2)c1. The summed E-state index contributed by atoms with van der Waals surface area (Å²) in [4.78, 5) is 29.4. The molecular formula is C31H34Cl2N2O2. The fourth-order valence-corrected chi connectivity index (χ4v) is 5.67. The molecule has 1 fully saturated rings. The average molecular weight is 538 g/mol. The first kappa shape index (κ1) is 27.2. The number of hydrogen-bond donors (Lipinski definition) is 1. The van der Waals surface area contributed by atoms with Gasteiger partial charge in [-0.15, -0.1) is 0 Å². The molecule has 1 saturated carbocycles. The molecule has 1 aliphatic rings. The summed E-state index contributed by atoms with van der Waals surface area (Å²) in [5, 5.41) is 4.25. The summed E-state index contributed by atoms with van der Waals surface area (Å²) in [6, 6.07) is 20.8. The van der Waals surface area contributed by atoms with Crippen LogP contribution in [0.1, 0.15) is 53.5 Å². The summed E-state index contributed by atoms with van der Waals surface area (Å²) in [6.07, 6.45) is 4.81. The number of carbonyl (C=O) groups excluding carboxylic acids is 2. The molecule has 0 aromatic heterocycles. The Kier molecular flexibility index (Phi) is 9.28. The van der Waals surface area contributed by atoms with Gasteiger partial charge < -0.3 is 10.2 Å². The molecule has 0 saturated heterocycles. The molecule has 194 valence electrons. The Balaban J connectivity index is 1.69. The molecule has 4 nitrogen and oxygen atoms in total. The molecule has 0 aliphatic heterocycles. The Morgan fingerprint density at radius 1 is 0.919 bits per heavy atom. The summed E-state index contributed by atoms with van der Waals surface area (Å²) >= 11 is 12.7. The van der Waals surface area contributed by atoms with Crippen LogP contribution in [0.5, 0.6) is 0 Å². The van der Waals surface area contributed by atoms with Crippen LogP contribution in [0.2, 0.25) is 10.0 Å². The minimum absolute atomic E-state index is 0.112. The van der Waals surface area contributed by atoms with E-state index in [2.05, 4.69) is 11.4 Å². The Hall–Kier alpha value is -2.82. The number of halogens is 2. The van der Waals surface area contributed by atoms with Gasteiger partial charge in [-0.1, -0.05) is 102 Å². The van der Waals surface area contributed by atoms with E-state index in [0.29, 0.717) is 16.5 Å². The number of benzene rings is 3. The predicted octanol–water partition coefficient (Wildman–Crippen LogP) is 6.85. The lowest BCUT2D eigenvalue weighted by Gasteiger charge is -2.33. The van der Waals surface area contributed by atoms with Crippen molar-refractivity contribution in [1.82, 2.24) is 10.2 Å². The number of nitrogens with zero attached hydrogens (tertiary/aromatic N) is 1. The van der Waals surface area contributed by atoms with Gasteiger partial charge in [0.1, 0.15) is 6.04 Å². The third-order valence-electron chi connectivity index (χ3n) is 6.97. The van der Waals surface area contributed by atoms with Crippen molar-refractivity contribution in [2.75, 3.05) is 0 Å². The van der Waals surface area contributed by atoms with Crippen LogP contribution in [-0.2, 0) is 29.0 Å². The lowest BCUT2D eigenvalue weighted by molar-refractivity contribution is -0.141. The molecule has 2 amide bonds. The zero-order valence-electron chi connectivity index (χ0n) is 21.5. The number of carbonyl (C=O) groups is 2. The number of nitrogens with one attached hydrogen (secondary N) is 1. The highest BCUT2D eigenvalue weighted by atomic mass is 35.5. The van der Waals surface area contributed by atoms with E-state index in [9.17, 15) is 9.59 Å². The molecule has 1 aliphatic carbocycles. The van der Waals surface area contributed by atoms with Crippen molar-refractivity contribution in [2.45, 2.75) is 71.0 Å². The molecule has 0 spiro atoms. The van der Waals surface area contributed by atoms with Crippen molar-refractivity contribution < 1.29 is 9.59 Å². The van der Waals surface area contributed by atoms with Crippen LogP contribution in [0, 0.1) is 13.8 Å². The Labute approximate surface area is 230 Å². The average Bonchev–Trinajstić information content (AvgIpc) is 3.35. The van der Waals surface area contributed by atoms with Gasteiger partial charge in [0, 0.05) is 29.1 Å². The molecule has 0 radical (unpaired) electrons. The maximum absolute atomic E-state index is 14.0. The Morgan fingerprint density at radius 2 is 1.59 bits per heavy atom. The van der Waals surface area contributed by atoms with E-state index in [-0.39, 0.29) is 30.8 Å². The summed E-state index contributed by atoms with van der Waals surface area (Å²) in [5.41, 5.74) is 4.90. The first-order valence-electron chi connectivity index (χ1n) is 12.9. The van der Waals surface area contributed by atoms with Crippen molar-refractivity contribution in [1.29, 1.82) is 0 Å². The van der Waals surface area contributed by atoms with E-state index in [1.54, 1.807) is 17.0 Å². The zero-order valence-corrected chi connectivity index (χ0v) is 23.0. The van der Waals surface area contributed by atoms with Crippen LogP contribution in [0.4, 0.5) is 0 Å². The van der Waals surface area contributed by atoms with E-state index < -0.39 is 6.04 Å². The molecule has 0 unspecified atom stereocenters. The fourth-order valence-electron chi connectivity index (χ4n) is 5.20. The second kappa shape index (κ2) is 12.6. The van der Waals surface area contributed by atoms with Gasteiger partial charge in [0.25, 0.3) is 0 Å². The Bertz CT molecular complexity index is 1220. The standard InChI is InChI=1S/C31H34Cl2N2O2/c1-21-14-22(2)16-24(15-21)18-30(36)35(20-25-12-13-26(32)19-28(25)33)29(17-23-8-4-3-5-9-23)31(37)34-27-10-6-7-11-27/h3-5,8-9,12-16,19,27,29H,6-7,10-11,17-18,20H2,1-2H3,(H,34,37)/t29-/m1/s1. The maximum Gasteiger partial charge on any atom is 0.243 e. The molecule has 1 N–H and O–H groups in total. The van der Waals surface area contributed by atoms with Gasteiger partial charge >= 0.3 is 0 Å². The molecule has 3 aromatic rings. The lowest BCUT2D eigenvalue weighted by Crippen LogP contribution is -2.52. The van der Waals surface area contributed by atoms with Crippen LogP contribution in [-0.4, -0.2) is 28.8 Å². The number of amides is 2. The number of hydrogen-bond acceptors (Lipinski definition) is 2. The summed E-state index contributed by atoms with van der Waals surface area (Å²) in [6.45, 7) is 4.27. The van der Waals surface area contributed by atoms with Gasteiger partial charge in [0.15, 0.2) is 0 Å². The van der Waals surface area contributed by atoms with E-state index in [0.717, 1.165) is 53.5 Å². The summed E-state index contributed by atoms with van der Waals surface area (Å²) in [7, 11) is 0. The third-order valence-corrected chi connectivity index (χ3v) is 7.55. The first-order chi connectivity index (χ1) is 17.8. The van der Waals surface area contributed by atoms with Crippen molar-refractivity contribution in [3.05, 3.63) is 105 Å². The highest BCUT2D eigenvalue weighted by molar-refractivity contribution is 6.35. The summed E-state index contributed by atoms with van der Waals surface area (Å²) in [5.74, 6) is -0.229. The quantitative estimate of drug-likeness (QED) is 0.325. The molecule has 0 heterocycles. The molecule has 0 bridgehead atoms. The van der Waals surface area contributed by atoms with Crippen LogP contribution in [0.25, 0.3) is 0 Å². The molecular weight excluding hydrogens is 503 g/mol. The van der Waals surface area contributed by atoms with E-state index in [4.69, 9.17) is 23.2 Å². The van der Waals surface area contributed by atoms with Crippen LogP contribution in [0.3, 0.4) is 0 Å². The summed E-state index contributed by atoms with van der Waals surface area (Å²) < 4.78 is 0. The largest absolute Gasteiger partial charge is 0.352 e. The van der Waals surface area contributed by atoms with Crippen molar-refractivity contribution >= 4 is 35.0 Å². The second-order valence-corrected chi connectivity index (χ2v) is 11.0. The Morgan fingerprint density at radius 3 is 2.24 bits per heavy atom. The zero-order chi connectivity index (χ0) is 26.4. The van der Waals surface area contributed by atoms with E-state index in [1.165, 1.54) is 0 Å². The third kappa shape index (κ3) is 7.59. The lowest BCUT2D eigenvalue weighted by atomic mass is 10.00. The van der Waals surface area contributed by atoms with Gasteiger partial charge in [-0.3, -0.25) is 9.59 Å². The van der Waals surface area contributed by atoms with Gasteiger partial charge in [0.2, 0.25) is 11.8 Å². The van der Waals surface area contributed by atoms with Crippen molar-refractivity contribution in [3.8, 4) is 0 Å².